The van der Waals surface area contributed by atoms with E-state index in [1.54, 1.807) is 6.07 Å². The molecule has 0 spiro atoms. The van der Waals surface area contributed by atoms with Crippen molar-refractivity contribution < 1.29 is 24.7 Å². The zero-order valence-electron chi connectivity index (χ0n) is 11.3. The molecule has 2 aromatic heterocycles. The van der Waals surface area contributed by atoms with E-state index in [-0.39, 0.29) is 24.6 Å². The maximum atomic E-state index is 11.9. The highest BCUT2D eigenvalue weighted by Crippen LogP contribution is 2.09. The predicted molar refractivity (Wildman–Crippen MR) is 77.1 cm³/mol. The number of carbonyl (C=O) groups is 2. The zero-order chi connectivity index (χ0) is 16.1. The fourth-order valence-corrected chi connectivity index (χ4v) is 2.43. The molecule has 116 valence electrons. The van der Waals surface area contributed by atoms with Crippen molar-refractivity contribution in [2.45, 2.75) is 18.9 Å². The number of carboxylic acids is 1. The third-order valence-corrected chi connectivity index (χ3v) is 3.64. The SMILES string of the molecule is O=C(Cc1cccs1)NC(Cn1cc(C(=O)O)nn1)B(O)O. The molecule has 1 unspecified atom stereocenters. The van der Waals surface area contributed by atoms with Gasteiger partial charge in [0.1, 0.15) is 0 Å². The first-order chi connectivity index (χ1) is 10.5. The molecular weight excluding hydrogens is 311 g/mol. The fourth-order valence-electron chi connectivity index (χ4n) is 1.73. The van der Waals surface area contributed by atoms with Crippen molar-refractivity contribution in [1.29, 1.82) is 0 Å². The number of nitrogens with zero attached hydrogens (tertiary/aromatic N) is 3. The molecule has 0 fully saturated rings. The van der Waals surface area contributed by atoms with Crippen molar-refractivity contribution >= 4 is 30.3 Å². The molecular formula is C11H13BN4O5S. The van der Waals surface area contributed by atoms with E-state index < -0.39 is 19.0 Å². The number of carboxylic acid groups (broad SMARTS) is 1. The molecule has 0 bridgehead atoms. The molecule has 0 saturated heterocycles. The molecule has 1 atom stereocenters. The van der Waals surface area contributed by atoms with Gasteiger partial charge in [-0.05, 0) is 11.4 Å². The topological polar surface area (TPSA) is 138 Å². The first kappa shape index (κ1) is 16.1. The first-order valence-electron chi connectivity index (χ1n) is 6.27. The monoisotopic (exact) mass is 324 g/mol. The molecule has 1 amide bonds. The zero-order valence-corrected chi connectivity index (χ0v) is 12.1. The Kier molecular flexibility index (Phi) is 5.25. The van der Waals surface area contributed by atoms with Gasteiger partial charge in [0.2, 0.25) is 5.91 Å². The van der Waals surface area contributed by atoms with Crippen LogP contribution in [0.15, 0.2) is 23.7 Å². The molecule has 2 aromatic rings. The van der Waals surface area contributed by atoms with Gasteiger partial charge in [0.15, 0.2) is 5.69 Å². The van der Waals surface area contributed by atoms with Crippen LogP contribution < -0.4 is 5.32 Å². The van der Waals surface area contributed by atoms with Gasteiger partial charge in [-0.15, -0.1) is 16.4 Å². The summed E-state index contributed by atoms with van der Waals surface area (Å²) >= 11 is 1.42. The second-order valence-electron chi connectivity index (χ2n) is 4.47. The summed E-state index contributed by atoms with van der Waals surface area (Å²) in [5.41, 5.74) is -0.268. The lowest BCUT2D eigenvalue weighted by Crippen LogP contribution is -2.49. The molecule has 0 aliphatic carbocycles. The van der Waals surface area contributed by atoms with Gasteiger partial charge in [-0.1, -0.05) is 11.3 Å². The molecule has 0 aromatic carbocycles. The lowest BCUT2D eigenvalue weighted by Gasteiger charge is -2.17. The van der Waals surface area contributed by atoms with Gasteiger partial charge in [0.05, 0.1) is 25.1 Å². The number of thiophene rings is 1. The number of aromatic nitrogens is 3. The van der Waals surface area contributed by atoms with Crippen LogP contribution in [0.3, 0.4) is 0 Å². The molecule has 2 heterocycles. The van der Waals surface area contributed by atoms with Crippen LogP contribution in [0.1, 0.15) is 15.4 Å². The standard InChI is InChI=1S/C11H13BN4O5S/c17-10(4-7-2-1-3-22-7)13-9(12(20)21)6-16-5-8(11(18)19)14-15-16/h1-3,5,9,20-21H,4,6H2,(H,13,17)(H,18,19). The van der Waals surface area contributed by atoms with Crippen molar-refractivity contribution in [3.63, 3.8) is 0 Å². The average Bonchev–Trinajstić information content (AvgIpc) is 3.09. The van der Waals surface area contributed by atoms with Gasteiger partial charge >= 0.3 is 13.1 Å². The second-order valence-corrected chi connectivity index (χ2v) is 5.51. The summed E-state index contributed by atoms with van der Waals surface area (Å²) in [6, 6.07) is 3.61. The van der Waals surface area contributed by atoms with E-state index in [2.05, 4.69) is 15.6 Å². The van der Waals surface area contributed by atoms with Crippen LogP contribution >= 0.6 is 11.3 Å². The maximum absolute atomic E-state index is 11.9. The predicted octanol–water partition coefficient (Wildman–Crippen LogP) is -1.22. The molecule has 0 aliphatic heterocycles. The van der Waals surface area contributed by atoms with Crippen LogP contribution in [-0.4, -0.2) is 55.1 Å². The summed E-state index contributed by atoms with van der Waals surface area (Å²) in [6.07, 6.45) is 1.27. The van der Waals surface area contributed by atoms with Crippen LogP contribution in [0.25, 0.3) is 0 Å². The van der Waals surface area contributed by atoms with Gasteiger partial charge < -0.3 is 20.5 Å². The van der Waals surface area contributed by atoms with Gasteiger partial charge in [0.25, 0.3) is 0 Å². The summed E-state index contributed by atoms with van der Waals surface area (Å²) in [5.74, 6) is -2.65. The molecule has 11 heteroatoms. The minimum absolute atomic E-state index is 0.117. The first-order valence-corrected chi connectivity index (χ1v) is 7.15. The highest BCUT2D eigenvalue weighted by molar-refractivity contribution is 7.10. The van der Waals surface area contributed by atoms with Crippen LogP contribution in [-0.2, 0) is 17.8 Å². The molecule has 22 heavy (non-hydrogen) atoms. The summed E-state index contributed by atoms with van der Waals surface area (Å²) in [7, 11) is -1.82. The van der Waals surface area contributed by atoms with Gasteiger partial charge in [-0.3, -0.25) is 9.48 Å². The third kappa shape index (κ3) is 4.38. The fraction of sp³-hybridized carbons (Fsp3) is 0.273. The van der Waals surface area contributed by atoms with E-state index in [1.807, 2.05) is 11.4 Å². The van der Waals surface area contributed by atoms with Crippen molar-refractivity contribution in [2.24, 2.45) is 0 Å². The van der Waals surface area contributed by atoms with Crippen LogP contribution in [0.4, 0.5) is 0 Å². The molecule has 0 aliphatic rings. The number of hydrogen-bond acceptors (Lipinski definition) is 7. The second kappa shape index (κ2) is 7.16. The lowest BCUT2D eigenvalue weighted by atomic mass is 9.79. The normalized spacial score (nSPS) is 11.9. The van der Waals surface area contributed by atoms with Gasteiger partial charge in [-0.2, -0.15) is 0 Å². The van der Waals surface area contributed by atoms with E-state index in [0.29, 0.717) is 0 Å². The van der Waals surface area contributed by atoms with E-state index in [9.17, 15) is 19.6 Å². The summed E-state index contributed by atoms with van der Waals surface area (Å²) in [5, 5.41) is 38.7. The Morgan fingerprint density at radius 1 is 1.45 bits per heavy atom. The van der Waals surface area contributed by atoms with Crippen LogP contribution in [0.2, 0.25) is 0 Å². The third-order valence-electron chi connectivity index (χ3n) is 2.76. The smallest absolute Gasteiger partial charge is 0.476 e. The Hall–Kier alpha value is -2.24. The minimum atomic E-state index is -1.82. The van der Waals surface area contributed by atoms with E-state index in [4.69, 9.17) is 5.11 Å². The highest BCUT2D eigenvalue weighted by Gasteiger charge is 2.26. The summed E-state index contributed by atoms with van der Waals surface area (Å²) in [4.78, 5) is 23.4. The summed E-state index contributed by atoms with van der Waals surface area (Å²) in [6.45, 7) is -0.117. The number of carbonyl (C=O) groups excluding carboxylic acids is 1. The van der Waals surface area contributed by atoms with E-state index >= 15 is 0 Å². The Morgan fingerprint density at radius 2 is 2.23 bits per heavy atom. The van der Waals surface area contributed by atoms with E-state index in [1.165, 1.54) is 11.3 Å². The quantitative estimate of drug-likeness (QED) is 0.468. The Bertz CT molecular complexity index is 645. The Balaban J connectivity index is 1.97. The molecule has 2 rings (SSSR count). The Morgan fingerprint density at radius 3 is 2.77 bits per heavy atom. The Labute approximate surface area is 129 Å². The van der Waals surface area contributed by atoms with Crippen molar-refractivity contribution in [3.8, 4) is 0 Å². The number of nitrogens with one attached hydrogen (secondary N) is 1. The molecule has 0 radical (unpaired) electrons. The van der Waals surface area contributed by atoms with Gasteiger partial charge in [-0.25, -0.2) is 4.79 Å². The number of hydrogen-bond donors (Lipinski definition) is 4. The largest absolute Gasteiger partial charge is 0.477 e. The number of aromatic carboxylic acids is 1. The average molecular weight is 324 g/mol. The molecule has 4 N–H and O–H groups in total. The summed E-state index contributed by atoms with van der Waals surface area (Å²) < 4.78 is 1.12. The minimum Gasteiger partial charge on any atom is -0.476 e. The van der Waals surface area contributed by atoms with E-state index in [0.717, 1.165) is 15.8 Å². The highest BCUT2D eigenvalue weighted by atomic mass is 32.1. The maximum Gasteiger partial charge on any atom is 0.477 e. The number of rotatable bonds is 7. The molecule has 0 saturated carbocycles. The lowest BCUT2D eigenvalue weighted by molar-refractivity contribution is -0.120. The van der Waals surface area contributed by atoms with Crippen molar-refractivity contribution in [1.82, 2.24) is 20.3 Å². The molecule has 9 nitrogen and oxygen atoms in total. The van der Waals surface area contributed by atoms with Crippen molar-refractivity contribution in [2.75, 3.05) is 0 Å². The van der Waals surface area contributed by atoms with Crippen LogP contribution in [0.5, 0.6) is 0 Å². The van der Waals surface area contributed by atoms with Gasteiger partial charge in [0, 0.05) is 4.88 Å². The van der Waals surface area contributed by atoms with Crippen molar-refractivity contribution in [3.05, 3.63) is 34.3 Å². The number of amides is 1. The van der Waals surface area contributed by atoms with Crippen LogP contribution in [0, 0.1) is 0 Å².